The molecule has 1 amide bonds. The molecule has 35 heavy (non-hydrogen) atoms. The number of imidazole rings is 1. The van der Waals surface area contributed by atoms with Crippen LogP contribution in [-0.4, -0.2) is 50.8 Å². The van der Waals surface area contributed by atoms with Gasteiger partial charge in [-0.05, 0) is 68.5 Å². The van der Waals surface area contributed by atoms with Gasteiger partial charge in [-0.15, -0.1) is 0 Å². The van der Waals surface area contributed by atoms with Gasteiger partial charge in [0.05, 0.1) is 29.4 Å². The number of amides is 1. The van der Waals surface area contributed by atoms with Crippen molar-refractivity contribution in [3.8, 4) is 22.5 Å². The maximum absolute atomic E-state index is 12.6. The molecule has 8 heteroatoms. The van der Waals surface area contributed by atoms with E-state index in [1.54, 1.807) is 12.4 Å². The summed E-state index contributed by atoms with van der Waals surface area (Å²) < 4.78 is 7.68. The van der Waals surface area contributed by atoms with Gasteiger partial charge in [0, 0.05) is 48.3 Å². The number of fused-ring (bicyclic) bond motifs is 1. The fraction of sp³-hybridized carbons (Fsp3) is 0.333. The van der Waals surface area contributed by atoms with Gasteiger partial charge in [-0.25, -0.2) is 9.50 Å². The quantitative estimate of drug-likeness (QED) is 0.421. The number of carbonyl (C=O) groups is 1. The molecule has 3 aromatic heterocycles. The summed E-state index contributed by atoms with van der Waals surface area (Å²) >= 11 is 0. The smallest absolute Gasteiger partial charge is 0.251 e. The van der Waals surface area contributed by atoms with Gasteiger partial charge >= 0.3 is 0 Å². The Morgan fingerprint density at radius 3 is 2.71 bits per heavy atom. The van der Waals surface area contributed by atoms with E-state index in [9.17, 15) is 4.79 Å². The molecule has 8 nitrogen and oxygen atoms in total. The molecular weight excluding hydrogens is 440 g/mol. The van der Waals surface area contributed by atoms with E-state index in [4.69, 9.17) is 14.8 Å². The van der Waals surface area contributed by atoms with Crippen molar-refractivity contribution in [3.05, 3.63) is 66.1 Å². The van der Waals surface area contributed by atoms with Gasteiger partial charge in [-0.3, -0.25) is 9.78 Å². The molecule has 1 saturated carbocycles. The van der Waals surface area contributed by atoms with Crippen LogP contribution in [0.1, 0.15) is 41.6 Å². The Hall–Kier alpha value is -3.78. The van der Waals surface area contributed by atoms with E-state index >= 15 is 0 Å². The number of hydrogen-bond acceptors (Lipinski definition) is 6. The Kier molecular flexibility index (Phi) is 5.66. The fourth-order valence-electron chi connectivity index (χ4n) is 4.56. The lowest BCUT2D eigenvalue weighted by Crippen LogP contribution is -2.26. The summed E-state index contributed by atoms with van der Waals surface area (Å²) in [5.74, 6) is -0.00610. The van der Waals surface area contributed by atoms with Crippen LogP contribution in [-0.2, 0) is 4.74 Å². The summed E-state index contributed by atoms with van der Waals surface area (Å²) in [6, 6.07) is 12.2. The van der Waals surface area contributed by atoms with E-state index in [0.717, 1.165) is 78.2 Å². The Balaban J connectivity index is 1.39. The number of benzene rings is 1. The highest BCUT2D eigenvalue weighted by Crippen LogP contribution is 2.29. The topological polar surface area (TPSA) is 93.4 Å². The number of aryl methyl sites for hydroxylation is 1. The largest absolute Gasteiger partial charge is 0.379 e. The average molecular weight is 469 g/mol. The van der Waals surface area contributed by atoms with Crippen LogP contribution in [0.25, 0.3) is 28.2 Å². The van der Waals surface area contributed by atoms with E-state index in [2.05, 4.69) is 15.6 Å². The monoisotopic (exact) mass is 468 g/mol. The molecule has 4 heterocycles. The lowest BCUT2D eigenvalue weighted by atomic mass is 10.0. The minimum Gasteiger partial charge on any atom is -0.379 e. The van der Waals surface area contributed by atoms with Gasteiger partial charge in [0.15, 0.2) is 5.65 Å². The fourth-order valence-corrected chi connectivity index (χ4v) is 4.56. The van der Waals surface area contributed by atoms with Crippen LogP contribution in [0.15, 0.2) is 55.0 Å². The number of ether oxygens (including phenoxy) is 1. The molecule has 2 N–H and O–H groups in total. The standard InChI is InChI=1S/C27H28N6O2/c1-17-13-19(4-7-22(17)27(34)31-20-5-6-20)25-16-30-26-24(29-15-21-3-2-12-35-21)14-23(32-33(25)26)18-8-10-28-11-9-18/h4,7-11,13-14,16,20-21,29H,2-3,5-6,12,15H2,1H3,(H,31,34)/t21-/m0/s1. The van der Waals surface area contributed by atoms with Crippen molar-refractivity contribution >= 4 is 17.2 Å². The van der Waals surface area contributed by atoms with Gasteiger partial charge < -0.3 is 15.4 Å². The molecule has 2 fully saturated rings. The summed E-state index contributed by atoms with van der Waals surface area (Å²) in [4.78, 5) is 21.4. The van der Waals surface area contributed by atoms with Gasteiger partial charge in [0.2, 0.25) is 0 Å². The normalized spacial score (nSPS) is 17.6. The number of nitrogens with zero attached hydrogens (tertiary/aromatic N) is 4. The molecule has 1 aromatic carbocycles. The molecule has 0 bridgehead atoms. The molecule has 178 valence electrons. The lowest BCUT2D eigenvalue weighted by molar-refractivity contribution is 0.0950. The number of nitrogens with one attached hydrogen (secondary N) is 2. The lowest BCUT2D eigenvalue weighted by Gasteiger charge is -2.14. The molecule has 2 aliphatic rings. The Bertz CT molecular complexity index is 1370. The molecule has 0 radical (unpaired) electrons. The average Bonchev–Trinajstić information content (AvgIpc) is 3.35. The van der Waals surface area contributed by atoms with Crippen LogP contribution < -0.4 is 10.6 Å². The van der Waals surface area contributed by atoms with Crippen molar-refractivity contribution in [3.63, 3.8) is 0 Å². The van der Waals surface area contributed by atoms with Crippen molar-refractivity contribution in [1.82, 2.24) is 24.9 Å². The van der Waals surface area contributed by atoms with Gasteiger partial charge in [-0.1, -0.05) is 6.07 Å². The van der Waals surface area contributed by atoms with Crippen LogP contribution in [0.4, 0.5) is 5.69 Å². The Morgan fingerprint density at radius 2 is 1.97 bits per heavy atom. The molecule has 1 aliphatic carbocycles. The highest BCUT2D eigenvalue weighted by atomic mass is 16.5. The number of anilines is 1. The molecule has 6 rings (SSSR count). The zero-order valence-electron chi connectivity index (χ0n) is 19.7. The van der Waals surface area contributed by atoms with E-state index in [0.29, 0.717) is 11.6 Å². The first kappa shape index (κ1) is 21.7. The third kappa shape index (κ3) is 4.49. The molecular formula is C27H28N6O2. The SMILES string of the molecule is Cc1cc(-c2cnc3c(NC[C@@H]4CCCO4)cc(-c4ccncc4)nn23)ccc1C(=O)NC1CC1. The summed E-state index contributed by atoms with van der Waals surface area (Å²) in [6.07, 6.45) is 9.88. The van der Waals surface area contributed by atoms with Crippen LogP contribution in [0, 0.1) is 6.92 Å². The second kappa shape index (κ2) is 9.11. The molecule has 1 saturated heterocycles. The number of pyridine rings is 1. The first-order valence-electron chi connectivity index (χ1n) is 12.2. The third-order valence-electron chi connectivity index (χ3n) is 6.67. The summed E-state index contributed by atoms with van der Waals surface area (Å²) in [5, 5.41) is 11.6. The van der Waals surface area contributed by atoms with Crippen molar-refractivity contribution in [2.45, 2.75) is 44.8 Å². The highest BCUT2D eigenvalue weighted by Gasteiger charge is 2.25. The van der Waals surface area contributed by atoms with E-state index in [1.807, 2.05) is 54.0 Å². The predicted molar refractivity (Wildman–Crippen MR) is 134 cm³/mol. The maximum atomic E-state index is 12.6. The van der Waals surface area contributed by atoms with Gasteiger partial charge in [-0.2, -0.15) is 5.10 Å². The number of hydrogen-bond donors (Lipinski definition) is 2. The van der Waals surface area contributed by atoms with Crippen molar-refractivity contribution in [1.29, 1.82) is 0 Å². The van der Waals surface area contributed by atoms with Crippen molar-refractivity contribution < 1.29 is 9.53 Å². The van der Waals surface area contributed by atoms with E-state index in [-0.39, 0.29) is 12.0 Å². The second-order valence-corrected chi connectivity index (χ2v) is 9.35. The predicted octanol–water partition coefficient (Wildman–Crippen LogP) is 4.25. The summed E-state index contributed by atoms with van der Waals surface area (Å²) in [7, 11) is 0. The van der Waals surface area contributed by atoms with Crippen molar-refractivity contribution in [2.75, 3.05) is 18.5 Å². The summed E-state index contributed by atoms with van der Waals surface area (Å²) in [5.41, 5.74) is 6.93. The van der Waals surface area contributed by atoms with Crippen molar-refractivity contribution in [2.24, 2.45) is 0 Å². The minimum absolute atomic E-state index is 0.00610. The zero-order chi connectivity index (χ0) is 23.8. The zero-order valence-corrected chi connectivity index (χ0v) is 19.7. The molecule has 1 atom stereocenters. The number of carbonyl (C=O) groups excluding carboxylic acids is 1. The third-order valence-corrected chi connectivity index (χ3v) is 6.67. The molecule has 0 spiro atoms. The highest BCUT2D eigenvalue weighted by molar-refractivity contribution is 5.96. The molecule has 4 aromatic rings. The minimum atomic E-state index is -0.00610. The first-order valence-corrected chi connectivity index (χ1v) is 12.2. The Labute approximate surface area is 203 Å². The number of rotatable bonds is 7. The number of aromatic nitrogens is 4. The second-order valence-electron chi connectivity index (χ2n) is 9.35. The van der Waals surface area contributed by atoms with Crippen LogP contribution in [0.5, 0.6) is 0 Å². The maximum Gasteiger partial charge on any atom is 0.251 e. The van der Waals surface area contributed by atoms with Crippen LogP contribution in [0.2, 0.25) is 0 Å². The van der Waals surface area contributed by atoms with Gasteiger partial charge in [0.1, 0.15) is 0 Å². The van der Waals surface area contributed by atoms with E-state index < -0.39 is 0 Å². The first-order chi connectivity index (χ1) is 17.2. The molecule has 0 unspecified atom stereocenters. The molecule has 1 aliphatic heterocycles. The van der Waals surface area contributed by atoms with Crippen LogP contribution in [0.3, 0.4) is 0 Å². The van der Waals surface area contributed by atoms with Gasteiger partial charge in [0.25, 0.3) is 5.91 Å². The van der Waals surface area contributed by atoms with Crippen LogP contribution >= 0.6 is 0 Å². The van der Waals surface area contributed by atoms with E-state index in [1.165, 1.54) is 0 Å². The summed E-state index contributed by atoms with van der Waals surface area (Å²) in [6.45, 7) is 3.52. The Morgan fingerprint density at radius 1 is 1.11 bits per heavy atom.